The summed E-state index contributed by atoms with van der Waals surface area (Å²) >= 11 is 0. The number of carbonyl (C=O) groups is 2. The monoisotopic (exact) mass is 272 g/mol. The first kappa shape index (κ1) is 15.8. The van der Waals surface area contributed by atoms with Crippen LogP contribution in [0.2, 0.25) is 0 Å². The highest BCUT2D eigenvalue weighted by atomic mass is 16.6. The molecular weight excluding hydrogens is 248 g/mol. The Morgan fingerprint density at radius 1 is 1.42 bits per heavy atom. The lowest BCUT2D eigenvalue weighted by atomic mass is 9.80. The number of hydrogen-bond donors (Lipinski definition) is 3. The van der Waals surface area contributed by atoms with Crippen molar-refractivity contribution in [3.8, 4) is 0 Å². The number of nitrogens with two attached hydrogens (primary N) is 1. The molecule has 2 amide bonds. The standard InChI is InChI=1S/C13H24N2O4/c1-13(2,3)19-12(18)15-9(10(16)11(14)17)7-8-5-4-6-8/h8-10,16H,4-7H2,1-3H3,(H2,14,17)(H,15,18). The van der Waals surface area contributed by atoms with Crippen LogP contribution in [0.4, 0.5) is 4.79 Å². The van der Waals surface area contributed by atoms with Crippen LogP contribution in [0.5, 0.6) is 0 Å². The molecule has 1 rings (SSSR count). The molecule has 1 saturated carbocycles. The molecule has 0 radical (unpaired) electrons. The average Bonchev–Trinajstić information content (AvgIpc) is 2.17. The van der Waals surface area contributed by atoms with Gasteiger partial charge >= 0.3 is 6.09 Å². The molecule has 2 unspecified atom stereocenters. The molecule has 1 fully saturated rings. The number of hydrogen-bond acceptors (Lipinski definition) is 4. The van der Waals surface area contributed by atoms with Gasteiger partial charge in [0.25, 0.3) is 0 Å². The van der Waals surface area contributed by atoms with Crippen LogP contribution < -0.4 is 11.1 Å². The second-order valence-corrected chi connectivity index (χ2v) is 6.13. The SMILES string of the molecule is CC(C)(C)OC(=O)NC(CC1CCC1)C(O)C(N)=O. The summed E-state index contributed by atoms with van der Waals surface area (Å²) < 4.78 is 5.12. The van der Waals surface area contributed by atoms with E-state index in [1.54, 1.807) is 20.8 Å². The molecule has 1 aliphatic carbocycles. The van der Waals surface area contributed by atoms with Crippen molar-refractivity contribution in [2.45, 2.75) is 64.2 Å². The molecule has 0 aliphatic heterocycles. The van der Waals surface area contributed by atoms with Crippen molar-refractivity contribution in [2.75, 3.05) is 0 Å². The van der Waals surface area contributed by atoms with Gasteiger partial charge in [-0.1, -0.05) is 19.3 Å². The molecule has 0 saturated heterocycles. The van der Waals surface area contributed by atoms with E-state index < -0.39 is 29.7 Å². The molecule has 0 spiro atoms. The van der Waals surface area contributed by atoms with Gasteiger partial charge < -0.3 is 20.9 Å². The summed E-state index contributed by atoms with van der Waals surface area (Å²) in [5.74, 6) is -0.408. The van der Waals surface area contributed by atoms with E-state index in [4.69, 9.17) is 10.5 Å². The number of nitrogens with one attached hydrogen (secondary N) is 1. The molecule has 1 aliphatic rings. The van der Waals surface area contributed by atoms with Crippen molar-refractivity contribution in [3.05, 3.63) is 0 Å². The van der Waals surface area contributed by atoms with Crippen LogP contribution >= 0.6 is 0 Å². The minimum absolute atomic E-state index is 0.425. The number of primary amides is 1. The van der Waals surface area contributed by atoms with Crippen LogP contribution in [0.15, 0.2) is 0 Å². The Labute approximate surface area is 113 Å². The largest absolute Gasteiger partial charge is 0.444 e. The van der Waals surface area contributed by atoms with Crippen molar-refractivity contribution in [1.82, 2.24) is 5.32 Å². The summed E-state index contributed by atoms with van der Waals surface area (Å²) in [6, 6.07) is -0.683. The Bertz CT molecular complexity index is 334. The third kappa shape index (κ3) is 5.46. The van der Waals surface area contributed by atoms with Gasteiger partial charge in [0, 0.05) is 0 Å². The number of rotatable bonds is 5. The number of aliphatic hydroxyl groups excluding tert-OH is 1. The predicted octanol–water partition coefficient (Wildman–Crippen LogP) is 0.916. The summed E-state index contributed by atoms with van der Waals surface area (Å²) in [7, 11) is 0. The first-order chi connectivity index (χ1) is 8.69. The highest BCUT2D eigenvalue weighted by Crippen LogP contribution is 2.31. The summed E-state index contributed by atoms with van der Waals surface area (Å²) in [5.41, 5.74) is 4.47. The smallest absolute Gasteiger partial charge is 0.407 e. The fraction of sp³-hybridized carbons (Fsp3) is 0.846. The fourth-order valence-corrected chi connectivity index (χ4v) is 2.01. The zero-order valence-corrected chi connectivity index (χ0v) is 11.8. The van der Waals surface area contributed by atoms with Gasteiger partial charge in [-0.3, -0.25) is 4.79 Å². The van der Waals surface area contributed by atoms with E-state index >= 15 is 0 Å². The van der Waals surface area contributed by atoms with E-state index in [0.29, 0.717) is 12.3 Å². The molecule has 0 heterocycles. The fourth-order valence-electron chi connectivity index (χ4n) is 2.01. The Morgan fingerprint density at radius 3 is 2.37 bits per heavy atom. The first-order valence-corrected chi connectivity index (χ1v) is 6.66. The Morgan fingerprint density at radius 2 is 2.00 bits per heavy atom. The van der Waals surface area contributed by atoms with Crippen molar-refractivity contribution in [1.29, 1.82) is 0 Å². The highest BCUT2D eigenvalue weighted by molar-refractivity contribution is 5.80. The quantitative estimate of drug-likeness (QED) is 0.692. The topological polar surface area (TPSA) is 102 Å². The third-order valence-electron chi connectivity index (χ3n) is 3.19. The van der Waals surface area contributed by atoms with E-state index in [2.05, 4.69) is 5.32 Å². The van der Waals surface area contributed by atoms with Crippen molar-refractivity contribution >= 4 is 12.0 Å². The molecule has 19 heavy (non-hydrogen) atoms. The molecule has 6 heteroatoms. The van der Waals surface area contributed by atoms with Crippen LogP contribution in [-0.4, -0.2) is 34.9 Å². The van der Waals surface area contributed by atoms with Gasteiger partial charge in [-0.05, 0) is 33.1 Å². The van der Waals surface area contributed by atoms with Crippen LogP contribution in [0.3, 0.4) is 0 Å². The maximum absolute atomic E-state index is 11.7. The lowest BCUT2D eigenvalue weighted by Gasteiger charge is -2.32. The third-order valence-corrected chi connectivity index (χ3v) is 3.19. The maximum atomic E-state index is 11.7. The molecule has 110 valence electrons. The first-order valence-electron chi connectivity index (χ1n) is 6.66. The van der Waals surface area contributed by atoms with E-state index in [1.165, 1.54) is 0 Å². The second-order valence-electron chi connectivity index (χ2n) is 6.13. The van der Waals surface area contributed by atoms with Crippen molar-refractivity contribution in [3.63, 3.8) is 0 Å². The van der Waals surface area contributed by atoms with Gasteiger partial charge in [0.05, 0.1) is 6.04 Å². The molecule has 0 bridgehead atoms. The average molecular weight is 272 g/mol. The van der Waals surface area contributed by atoms with Gasteiger partial charge in [0.1, 0.15) is 5.60 Å². The number of carbonyl (C=O) groups excluding carboxylic acids is 2. The molecule has 2 atom stereocenters. The summed E-state index contributed by atoms with van der Waals surface area (Å²) in [4.78, 5) is 22.8. The molecule has 0 aromatic rings. The van der Waals surface area contributed by atoms with Gasteiger partial charge in [-0.15, -0.1) is 0 Å². The molecule has 0 aromatic heterocycles. The molecule has 6 nitrogen and oxygen atoms in total. The van der Waals surface area contributed by atoms with Crippen molar-refractivity contribution < 1.29 is 19.4 Å². The lowest BCUT2D eigenvalue weighted by molar-refractivity contribution is -0.127. The minimum Gasteiger partial charge on any atom is -0.444 e. The van der Waals surface area contributed by atoms with Gasteiger partial charge in [0.2, 0.25) is 5.91 Å². The van der Waals surface area contributed by atoms with Crippen molar-refractivity contribution in [2.24, 2.45) is 11.7 Å². The zero-order chi connectivity index (χ0) is 14.6. The Balaban J connectivity index is 2.57. The van der Waals surface area contributed by atoms with Crippen LogP contribution in [0.1, 0.15) is 46.5 Å². The maximum Gasteiger partial charge on any atom is 0.407 e. The van der Waals surface area contributed by atoms with E-state index in [9.17, 15) is 14.7 Å². The Hall–Kier alpha value is -1.30. The summed E-state index contributed by atoms with van der Waals surface area (Å²) in [5, 5.41) is 12.3. The number of amides is 2. The molecular formula is C13H24N2O4. The minimum atomic E-state index is -1.38. The van der Waals surface area contributed by atoms with Crippen LogP contribution in [0, 0.1) is 5.92 Å². The number of alkyl carbamates (subject to hydrolysis) is 1. The normalized spacial score (nSPS) is 19.2. The lowest BCUT2D eigenvalue weighted by Crippen LogP contribution is -2.51. The zero-order valence-electron chi connectivity index (χ0n) is 11.8. The molecule has 0 aromatic carbocycles. The van der Waals surface area contributed by atoms with E-state index in [0.717, 1.165) is 19.3 Å². The van der Waals surface area contributed by atoms with Crippen LogP contribution in [-0.2, 0) is 9.53 Å². The Kier molecular flexibility index (Phi) is 5.17. The summed E-state index contributed by atoms with van der Waals surface area (Å²) in [6.07, 6.45) is 1.78. The van der Waals surface area contributed by atoms with Gasteiger partial charge in [-0.25, -0.2) is 4.79 Å². The number of ether oxygens (including phenoxy) is 1. The molecule has 4 N–H and O–H groups in total. The second kappa shape index (κ2) is 6.23. The van der Waals surface area contributed by atoms with Gasteiger partial charge in [-0.2, -0.15) is 0 Å². The predicted molar refractivity (Wildman–Crippen MR) is 70.3 cm³/mol. The van der Waals surface area contributed by atoms with Crippen LogP contribution in [0.25, 0.3) is 0 Å². The number of aliphatic hydroxyl groups is 1. The summed E-state index contributed by atoms with van der Waals surface area (Å²) in [6.45, 7) is 5.24. The van der Waals surface area contributed by atoms with E-state index in [1.807, 2.05) is 0 Å². The highest BCUT2D eigenvalue weighted by Gasteiger charge is 2.31. The van der Waals surface area contributed by atoms with E-state index in [-0.39, 0.29) is 0 Å². The van der Waals surface area contributed by atoms with Gasteiger partial charge in [0.15, 0.2) is 6.10 Å².